The molecule has 1 spiro atoms. The number of hydrogen-bond donors (Lipinski definition) is 2. The zero-order valence-corrected chi connectivity index (χ0v) is 13.4. The van der Waals surface area contributed by atoms with E-state index in [0.29, 0.717) is 38.0 Å². The quantitative estimate of drug-likeness (QED) is 0.873. The summed E-state index contributed by atoms with van der Waals surface area (Å²) in [6.07, 6.45) is 1.76. The van der Waals surface area contributed by atoms with Gasteiger partial charge in [-0.25, -0.2) is 0 Å². The molecule has 0 aliphatic carbocycles. The summed E-state index contributed by atoms with van der Waals surface area (Å²) in [5.41, 5.74) is 0.885. The van der Waals surface area contributed by atoms with Crippen LogP contribution in [0.15, 0.2) is 21.3 Å². The van der Waals surface area contributed by atoms with Gasteiger partial charge in [0.25, 0.3) is 0 Å². The first kappa shape index (κ1) is 14.8. The van der Waals surface area contributed by atoms with E-state index in [1.807, 2.05) is 16.8 Å². The summed E-state index contributed by atoms with van der Waals surface area (Å²) in [5.74, 6) is 1.12. The molecule has 2 aliphatic rings. The number of nitrogens with zero attached hydrogens (tertiary/aromatic N) is 2. The molecule has 8 heteroatoms. The predicted octanol–water partition coefficient (Wildman–Crippen LogP) is 1.18. The molecule has 0 aromatic carbocycles. The number of hydrogen-bond acceptors (Lipinski definition) is 7. The molecule has 4 rings (SSSR count). The minimum absolute atomic E-state index is 0.0458. The SMILES string of the molecule is O=C1NCC2(CCOCC2)C1NCc1nc(-c2ccsc2)no1. The van der Waals surface area contributed by atoms with E-state index in [9.17, 15) is 4.79 Å². The van der Waals surface area contributed by atoms with E-state index in [2.05, 4.69) is 20.8 Å². The van der Waals surface area contributed by atoms with Crippen molar-refractivity contribution in [2.45, 2.75) is 25.4 Å². The number of aromatic nitrogens is 2. The summed E-state index contributed by atoms with van der Waals surface area (Å²) < 4.78 is 10.7. The second kappa shape index (κ2) is 6.03. The smallest absolute Gasteiger partial charge is 0.240 e. The molecule has 1 atom stereocenters. The third-order valence-corrected chi connectivity index (χ3v) is 5.37. The van der Waals surface area contributed by atoms with Crippen molar-refractivity contribution in [1.82, 2.24) is 20.8 Å². The maximum atomic E-state index is 12.2. The van der Waals surface area contributed by atoms with E-state index < -0.39 is 0 Å². The summed E-state index contributed by atoms with van der Waals surface area (Å²) in [6, 6.07) is 1.72. The Morgan fingerprint density at radius 2 is 2.30 bits per heavy atom. The van der Waals surface area contributed by atoms with Gasteiger partial charge in [0.2, 0.25) is 17.6 Å². The molecule has 1 amide bonds. The number of thiophene rings is 1. The summed E-state index contributed by atoms with van der Waals surface area (Å²) in [6.45, 7) is 2.50. The van der Waals surface area contributed by atoms with Crippen LogP contribution in [0.25, 0.3) is 11.4 Å². The summed E-state index contributed by atoms with van der Waals surface area (Å²) >= 11 is 1.59. The summed E-state index contributed by atoms with van der Waals surface area (Å²) in [7, 11) is 0. The van der Waals surface area contributed by atoms with Crippen molar-refractivity contribution in [3.63, 3.8) is 0 Å². The van der Waals surface area contributed by atoms with Crippen LogP contribution in [0, 0.1) is 5.41 Å². The first-order chi connectivity index (χ1) is 11.3. The van der Waals surface area contributed by atoms with Gasteiger partial charge in [-0.1, -0.05) is 5.16 Å². The molecule has 0 bridgehead atoms. The fraction of sp³-hybridized carbons (Fsp3) is 0.533. The van der Waals surface area contributed by atoms with Crippen LogP contribution in [0.2, 0.25) is 0 Å². The lowest BCUT2D eigenvalue weighted by atomic mass is 9.76. The Hall–Kier alpha value is -1.77. The molecule has 4 heterocycles. The molecule has 0 saturated carbocycles. The monoisotopic (exact) mass is 334 g/mol. The molecule has 23 heavy (non-hydrogen) atoms. The van der Waals surface area contributed by atoms with Gasteiger partial charge >= 0.3 is 0 Å². The fourth-order valence-electron chi connectivity index (χ4n) is 3.32. The number of rotatable bonds is 4. The molecule has 0 radical (unpaired) electrons. The summed E-state index contributed by atoms with van der Waals surface area (Å²) in [5, 5.41) is 14.2. The molecule has 2 aromatic rings. The van der Waals surface area contributed by atoms with E-state index in [0.717, 1.165) is 18.4 Å². The average molecular weight is 334 g/mol. The second-order valence-electron chi connectivity index (χ2n) is 6.03. The molecule has 7 nitrogen and oxygen atoms in total. The van der Waals surface area contributed by atoms with Crippen LogP contribution in [0.4, 0.5) is 0 Å². The molecular formula is C15H18N4O3S. The summed E-state index contributed by atoms with van der Waals surface area (Å²) in [4.78, 5) is 16.6. The maximum Gasteiger partial charge on any atom is 0.240 e. The van der Waals surface area contributed by atoms with Gasteiger partial charge in [-0.3, -0.25) is 10.1 Å². The highest BCUT2D eigenvalue weighted by atomic mass is 32.1. The van der Waals surface area contributed by atoms with Crippen LogP contribution in [0.1, 0.15) is 18.7 Å². The van der Waals surface area contributed by atoms with Gasteiger partial charge in [0.1, 0.15) is 0 Å². The topological polar surface area (TPSA) is 89.3 Å². The van der Waals surface area contributed by atoms with Crippen LogP contribution in [-0.4, -0.2) is 41.8 Å². The Bertz CT molecular complexity index is 679. The van der Waals surface area contributed by atoms with E-state index >= 15 is 0 Å². The van der Waals surface area contributed by atoms with Crippen LogP contribution < -0.4 is 10.6 Å². The Morgan fingerprint density at radius 1 is 1.43 bits per heavy atom. The Labute approximate surface area is 137 Å². The number of carbonyl (C=O) groups excluding carboxylic acids is 1. The van der Waals surface area contributed by atoms with E-state index in [4.69, 9.17) is 9.26 Å². The predicted molar refractivity (Wildman–Crippen MR) is 83.7 cm³/mol. The lowest BCUT2D eigenvalue weighted by Gasteiger charge is -2.36. The number of nitrogens with one attached hydrogen (secondary N) is 2. The van der Waals surface area contributed by atoms with E-state index in [-0.39, 0.29) is 17.4 Å². The standard InChI is InChI=1S/C15H18N4O3S/c20-14-12(15(9-17-14)2-4-21-5-3-15)16-7-11-18-13(19-22-11)10-1-6-23-8-10/h1,6,8,12,16H,2-5,7,9H2,(H,17,20). The third-order valence-electron chi connectivity index (χ3n) is 4.68. The Kier molecular flexibility index (Phi) is 3.88. The largest absolute Gasteiger partial charge is 0.381 e. The van der Waals surface area contributed by atoms with Crippen LogP contribution in [0.3, 0.4) is 0 Å². The minimum atomic E-state index is -0.233. The fourth-order valence-corrected chi connectivity index (χ4v) is 3.96. The van der Waals surface area contributed by atoms with Crippen molar-refractivity contribution in [3.05, 3.63) is 22.7 Å². The molecule has 2 saturated heterocycles. The first-order valence-electron chi connectivity index (χ1n) is 7.71. The zero-order chi connectivity index (χ0) is 15.7. The maximum absolute atomic E-state index is 12.2. The highest BCUT2D eigenvalue weighted by Gasteiger charge is 2.48. The van der Waals surface area contributed by atoms with Gasteiger partial charge in [0.15, 0.2) is 0 Å². The van der Waals surface area contributed by atoms with Crippen LogP contribution in [0.5, 0.6) is 0 Å². The molecule has 1 unspecified atom stereocenters. The number of amides is 1. The highest BCUT2D eigenvalue weighted by Crippen LogP contribution is 2.37. The normalized spacial score (nSPS) is 23.3. The second-order valence-corrected chi connectivity index (χ2v) is 6.81. The Morgan fingerprint density at radius 3 is 3.09 bits per heavy atom. The number of ether oxygens (including phenoxy) is 1. The van der Waals surface area contributed by atoms with E-state index in [1.165, 1.54) is 0 Å². The van der Waals surface area contributed by atoms with Gasteiger partial charge in [-0.05, 0) is 24.3 Å². The first-order valence-corrected chi connectivity index (χ1v) is 8.65. The van der Waals surface area contributed by atoms with Gasteiger partial charge in [0, 0.05) is 36.1 Å². The lowest BCUT2D eigenvalue weighted by Crippen LogP contribution is -2.49. The molecular weight excluding hydrogens is 316 g/mol. The van der Waals surface area contributed by atoms with Crippen molar-refractivity contribution >= 4 is 17.2 Å². The Balaban J connectivity index is 1.44. The molecule has 2 fully saturated rings. The van der Waals surface area contributed by atoms with Gasteiger partial charge in [-0.15, -0.1) is 0 Å². The van der Waals surface area contributed by atoms with Crippen LogP contribution in [-0.2, 0) is 16.1 Å². The third kappa shape index (κ3) is 2.77. The van der Waals surface area contributed by atoms with Crippen molar-refractivity contribution in [2.24, 2.45) is 5.41 Å². The average Bonchev–Trinajstić information content (AvgIpc) is 3.29. The minimum Gasteiger partial charge on any atom is -0.381 e. The molecule has 122 valence electrons. The van der Waals surface area contributed by atoms with Crippen LogP contribution >= 0.6 is 11.3 Å². The zero-order valence-electron chi connectivity index (χ0n) is 12.6. The van der Waals surface area contributed by atoms with Crippen molar-refractivity contribution < 1.29 is 14.1 Å². The van der Waals surface area contributed by atoms with Gasteiger partial charge < -0.3 is 14.6 Å². The van der Waals surface area contributed by atoms with Gasteiger partial charge in [0.05, 0.1) is 12.6 Å². The van der Waals surface area contributed by atoms with Crippen molar-refractivity contribution in [2.75, 3.05) is 19.8 Å². The van der Waals surface area contributed by atoms with Crippen molar-refractivity contribution in [3.8, 4) is 11.4 Å². The molecule has 2 aromatic heterocycles. The highest BCUT2D eigenvalue weighted by molar-refractivity contribution is 7.08. The molecule has 2 N–H and O–H groups in total. The molecule has 2 aliphatic heterocycles. The number of carbonyl (C=O) groups is 1. The lowest BCUT2D eigenvalue weighted by molar-refractivity contribution is -0.122. The van der Waals surface area contributed by atoms with E-state index in [1.54, 1.807) is 11.3 Å². The van der Waals surface area contributed by atoms with Gasteiger partial charge in [-0.2, -0.15) is 16.3 Å². The van der Waals surface area contributed by atoms with Crippen molar-refractivity contribution in [1.29, 1.82) is 0 Å².